The lowest BCUT2D eigenvalue weighted by Gasteiger charge is -2.27. The third-order valence-electron chi connectivity index (χ3n) is 5.42. The van der Waals surface area contributed by atoms with Gasteiger partial charge >= 0.3 is 0 Å². The SMILES string of the molecule is Cn1cc(C(=O)N2CCOCC2)cc(NC(=O)COc2cccc3c2OC(C)(C)C3)c1=O. The average Bonchev–Trinajstić information content (AvgIpc) is 3.09. The number of benzene rings is 1. The quantitative estimate of drug-likeness (QED) is 0.757. The first kappa shape index (κ1) is 21.9. The molecule has 0 atom stereocenters. The van der Waals surface area contributed by atoms with Crippen molar-refractivity contribution in [1.29, 1.82) is 0 Å². The molecule has 9 heteroatoms. The number of hydrogen-bond acceptors (Lipinski definition) is 6. The highest BCUT2D eigenvalue weighted by Gasteiger charge is 2.32. The van der Waals surface area contributed by atoms with E-state index in [2.05, 4.69) is 5.32 Å². The Balaban J connectivity index is 1.45. The van der Waals surface area contributed by atoms with E-state index in [4.69, 9.17) is 14.2 Å². The smallest absolute Gasteiger partial charge is 0.274 e. The van der Waals surface area contributed by atoms with Crippen LogP contribution in [0, 0.1) is 0 Å². The maximum atomic E-state index is 12.8. The number of ether oxygens (including phenoxy) is 3. The second kappa shape index (κ2) is 8.66. The predicted molar refractivity (Wildman–Crippen MR) is 117 cm³/mol. The Morgan fingerprint density at radius 3 is 2.72 bits per heavy atom. The van der Waals surface area contributed by atoms with E-state index in [0.717, 1.165) is 12.0 Å². The molecule has 0 aliphatic carbocycles. The van der Waals surface area contributed by atoms with Crippen LogP contribution in [0.1, 0.15) is 29.8 Å². The monoisotopic (exact) mass is 441 g/mol. The Bertz CT molecular complexity index is 1100. The van der Waals surface area contributed by atoms with Crippen LogP contribution in [0.2, 0.25) is 0 Å². The van der Waals surface area contributed by atoms with Gasteiger partial charge in [-0.05, 0) is 26.0 Å². The molecular weight excluding hydrogens is 414 g/mol. The number of para-hydroxylation sites is 1. The van der Waals surface area contributed by atoms with Crippen LogP contribution in [0.15, 0.2) is 35.3 Å². The summed E-state index contributed by atoms with van der Waals surface area (Å²) in [7, 11) is 1.54. The highest BCUT2D eigenvalue weighted by atomic mass is 16.5. The molecule has 0 bridgehead atoms. The van der Waals surface area contributed by atoms with E-state index in [1.807, 2.05) is 26.0 Å². The Morgan fingerprint density at radius 1 is 1.22 bits per heavy atom. The minimum absolute atomic E-state index is 0.0240. The van der Waals surface area contributed by atoms with Crippen LogP contribution in [-0.2, 0) is 23.0 Å². The maximum Gasteiger partial charge on any atom is 0.274 e. The fourth-order valence-electron chi connectivity index (χ4n) is 3.90. The topological polar surface area (TPSA) is 99.1 Å². The van der Waals surface area contributed by atoms with Crippen LogP contribution >= 0.6 is 0 Å². The molecule has 4 rings (SSSR count). The fraction of sp³-hybridized carbons (Fsp3) is 0.435. The van der Waals surface area contributed by atoms with Gasteiger partial charge in [0.05, 0.1) is 18.8 Å². The van der Waals surface area contributed by atoms with E-state index in [0.29, 0.717) is 43.4 Å². The number of rotatable bonds is 5. The van der Waals surface area contributed by atoms with Gasteiger partial charge in [0, 0.05) is 38.3 Å². The van der Waals surface area contributed by atoms with Crippen LogP contribution in [0.25, 0.3) is 0 Å². The van der Waals surface area contributed by atoms with E-state index >= 15 is 0 Å². The summed E-state index contributed by atoms with van der Waals surface area (Å²) < 4.78 is 18.2. The van der Waals surface area contributed by atoms with Crippen molar-refractivity contribution in [3.63, 3.8) is 0 Å². The lowest BCUT2D eigenvalue weighted by molar-refractivity contribution is -0.118. The van der Waals surface area contributed by atoms with Gasteiger partial charge in [-0.2, -0.15) is 0 Å². The molecule has 1 N–H and O–H groups in total. The van der Waals surface area contributed by atoms with Crippen molar-refractivity contribution >= 4 is 17.5 Å². The molecule has 9 nitrogen and oxygen atoms in total. The number of pyridine rings is 1. The molecule has 0 radical (unpaired) electrons. The van der Waals surface area contributed by atoms with E-state index in [1.54, 1.807) is 11.0 Å². The molecule has 1 saturated heterocycles. The van der Waals surface area contributed by atoms with Crippen molar-refractivity contribution < 1.29 is 23.8 Å². The van der Waals surface area contributed by atoms with Crippen LogP contribution in [-0.4, -0.2) is 59.8 Å². The van der Waals surface area contributed by atoms with Gasteiger partial charge in [-0.25, -0.2) is 0 Å². The number of carbonyl (C=O) groups excluding carboxylic acids is 2. The molecule has 1 aromatic carbocycles. The zero-order valence-electron chi connectivity index (χ0n) is 18.5. The predicted octanol–water partition coefficient (Wildman–Crippen LogP) is 1.59. The summed E-state index contributed by atoms with van der Waals surface area (Å²) >= 11 is 0. The minimum Gasteiger partial charge on any atom is -0.483 e. The number of amides is 2. The average molecular weight is 441 g/mol. The van der Waals surface area contributed by atoms with Gasteiger partial charge in [-0.3, -0.25) is 14.4 Å². The number of morpholine rings is 1. The highest BCUT2D eigenvalue weighted by Crippen LogP contribution is 2.41. The Kier molecular flexibility index (Phi) is 5.92. The van der Waals surface area contributed by atoms with Crippen molar-refractivity contribution in [2.24, 2.45) is 7.05 Å². The number of aromatic nitrogens is 1. The minimum atomic E-state index is -0.507. The molecule has 2 aromatic rings. The van der Waals surface area contributed by atoms with Crippen molar-refractivity contribution in [2.45, 2.75) is 25.9 Å². The summed E-state index contributed by atoms with van der Waals surface area (Å²) in [5.74, 6) is 0.398. The molecule has 0 unspecified atom stereocenters. The van der Waals surface area contributed by atoms with Gasteiger partial charge < -0.3 is 29.0 Å². The van der Waals surface area contributed by atoms with Gasteiger partial charge in [-0.15, -0.1) is 0 Å². The Morgan fingerprint density at radius 2 is 1.97 bits per heavy atom. The molecule has 2 aliphatic heterocycles. The lowest BCUT2D eigenvalue weighted by atomic mass is 10.0. The first-order chi connectivity index (χ1) is 15.2. The zero-order chi connectivity index (χ0) is 22.9. The molecule has 170 valence electrons. The summed E-state index contributed by atoms with van der Waals surface area (Å²) in [6.45, 7) is 5.60. The summed E-state index contributed by atoms with van der Waals surface area (Å²) in [4.78, 5) is 39.5. The van der Waals surface area contributed by atoms with Gasteiger partial charge in [0.2, 0.25) is 0 Å². The van der Waals surface area contributed by atoms with Crippen molar-refractivity contribution in [2.75, 3.05) is 38.2 Å². The number of fused-ring (bicyclic) bond motifs is 1. The summed E-state index contributed by atoms with van der Waals surface area (Å²) in [6, 6.07) is 6.98. The van der Waals surface area contributed by atoms with Gasteiger partial charge in [0.25, 0.3) is 17.4 Å². The van der Waals surface area contributed by atoms with Crippen molar-refractivity contribution in [3.8, 4) is 11.5 Å². The van der Waals surface area contributed by atoms with E-state index in [1.165, 1.54) is 23.9 Å². The van der Waals surface area contributed by atoms with E-state index < -0.39 is 11.5 Å². The third-order valence-corrected chi connectivity index (χ3v) is 5.42. The largest absolute Gasteiger partial charge is 0.483 e. The van der Waals surface area contributed by atoms with Gasteiger partial charge in [0.15, 0.2) is 18.1 Å². The second-order valence-corrected chi connectivity index (χ2v) is 8.58. The highest BCUT2D eigenvalue weighted by molar-refractivity contribution is 5.97. The zero-order valence-corrected chi connectivity index (χ0v) is 18.5. The molecule has 2 aliphatic rings. The molecular formula is C23H27N3O6. The number of hydrogen-bond donors (Lipinski definition) is 1. The molecule has 3 heterocycles. The molecule has 0 spiro atoms. The van der Waals surface area contributed by atoms with Gasteiger partial charge in [-0.1, -0.05) is 12.1 Å². The Labute approximate surface area is 185 Å². The van der Waals surface area contributed by atoms with Gasteiger partial charge in [0.1, 0.15) is 11.3 Å². The summed E-state index contributed by atoms with van der Waals surface area (Å²) in [6.07, 6.45) is 2.23. The van der Waals surface area contributed by atoms with Crippen LogP contribution in [0.5, 0.6) is 11.5 Å². The standard InChI is InChI=1S/C23H27N3O6/c1-23(2)12-15-5-4-6-18(20(15)32-23)31-14-19(27)24-17-11-16(13-25(3)22(17)29)21(28)26-7-9-30-10-8-26/h4-6,11,13H,7-10,12,14H2,1-3H3,(H,24,27). The number of nitrogens with zero attached hydrogens (tertiary/aromatic N) is 2. The Hall–Kier alpha value is -3.33. The molecule has 1 fully saturated rings. The van der Waals surface area contributed by atoms with Crippen LogP contribution in [0.4, 0.5) is 5.69 Å². The number of nitrogens with one attached hydrogen (secondary N) is 1. The first-order valence-electron chi connectivity index (χ1n) is 10.5. The van der Waals surface area contributed by atoms with Crippen molar-refractivity contribution in [1.82, 2.24) is 9.47 Å². The van der Waals surface area contributed by atoms with Crippen LogP contribution in [0.3, 0.4) is 0 Å². The molecule has 32 heavy (non-hydrogen) atoms. The number of aryl methyl sites for hydroxylation is 1. The van der Waals surface area contributed by atoms with Crippen LogP contribution < -0.4 is 20.3 Å². The number of carbonyl (C=O) groups is 2. The second-order valence-electron chi connectivity index (χ2n) is 8.58. The molecule has 2 amide bonds. The molecule has 1 aromatic heterocycles. The third kappa shape index (κ3) is 4.62. The fourth-order valence-corrected chi connectivity index (χ4v) is 3.90. The maximum absolute atomic E-state index is 12.8. The summed E-state index contributed by atoms with van der Waals surface area (Å²) in [5.41, 5.74) is 0.625. The van der Waals surface area contributed by atoms with Crippen molar-refractivity contribution in [3.05, 3.63) is 51.9 Å². The van der Waals surface area contributed by atoms with E-state index in [9.17, 15) is 14.4 Å². The first-order valence-corrected chi connectivity index (χ1v) is 10.5. The van der Waals surface area contributed by atoms with E-state index in [-0.39, 0.29) is 23.8 Å². The number of anilines is 1. The molecule has 0 saturated carbocycles. The lowest BCUT2D eigenvalue weighted by Crippen LogP contribution is -2.41. The normalized spacial score (nSPS) is 16.8. The summed E-state index contributed by atoms with van der Waals surface area (Å²) in [5, 5.41) is 2.57.